The molecule has 0 aliphatic heterocycles. The van der Waals surface area contributed by atoms with Crippen molar-refractivity contribution in [3.63, 3.8) is 0 Å². The predicted molar refractivity (Wildman–Crippen MR) is 88.1 cm³/mol. The van der Waals surface area contributed by atoms with Crippen molar-refractivity contribution in [2.24, 2.45) is 0 Å². The van der Waals surface area contributed by atoms with Gasteiger partial charge < -0.3 is 0 Å². The second-order valence-electron chi connectivity index (χ2n) is 5.39. The van der Waals surface area contributed by atoms with Crippen LogP contribution < -0.4 is 0 Å². The van der Waals surface area contributed by atoms with Gasteiger partial charge in [-0.3, -0.25) is 9.78 Å². The smallest absolute Gasteiger partial charge is 0.193 e. The number of carbonyl (C=O) groups excluding carboxylic acids is 1. The number of ketones is 1. The van der Waals surface area contributed by atoms with E-state index in [2.05, 4.69) is 18.0 Å². The predicted octanol–water partition coefficient (Wildman–Crippen LogP) is 4.21. The third kappa shape index (κ3) is 3.29. The Balaban J connectivity index is 1.77. The van der Waals surface area contributed by atoms with Gasteiger partial charge in [0.2, 0.25) is 0 Å². The van der Waals surface area contributed by atoms with Gasteiger partial charge in [0.05, 0.1) is 0 Å². The molecule has 0 amide bonds. The Morgan fingerprint density at radius 3 is 2.27 bits per heavy atom. The van der Waals surface area contributed by atoms with E-state index in [1.807, 2.05) is 66.9 Å². The maximum Gasteiger partial charge on any atom is 0.193 e. The van der Waals surface area contributed by atoms with E-state index in [-0.39, 0.29) is 5.78 Å². The van der Waals surface area contributed by atoms with Crippen LogP contribution in [0.3, 0.4) is 0 Å². The minimum Gasteiger partial charge on any atom is -0.289 e. The maximum absolute atomic E-state index is 12.3. The molecule has 0 aliphatic carbocycles. The van der Waals surface area contributed by atoms with Crippen LogP contribution in [0.5, 0.6) is 0 Å². The number of aryl methyl sites for hydroxylation is 1. The van der Waals surface area contributed by atoms with E-state index in [1.54, 1.807) is 0 Å². The Labute approximate surface area is 130 Å². The molecule has 1 heterocycles. The zero-order chi connectivity index (χ0) is 15.4. The van der Waals surface area contributed by atoms with Crippen LogP contribution in [0.1, 0.15) is 32.7 Å². The molecule has 0 atom stereocenters. The second-order valence-corrected chi connectivity index (χ2v) is 5.39. The van der Waals surface area contributed by atoms with E-state index >= 15 is 0 Å². The Kier molecular flexibility index (Phi) is 4.10. The number of benzene rings is 2. The van der Waals surface area contributed by atoms with Crippen LogP contribution in [0, 0.1) is 6.92 Å². The van der Waals surface area contributed by atoms with Gasteiger partial charge in [0.15, 0.2) is 5.78 Å². The lowest BCUT2D eigenvalue weighted by Crippen LogP contribution is -2.01. The summed E-state index contributed by atoms with van der Waals surface area (Å²) < 4.78 is 0. The molecule has 2 heteroatoms. The van der Waals surface area contributed by atoms with Crippen LogP contribution in [0.4, 0.5) is 0 Å². The molecule has 0 N–H and O–H groups in total. The van der Waals surface area contributed by atoms with Crippen molar-refractivity contribution < 1.29 is 4.79 Å². The van der Waals surface area contributed by atoms with Crippen LogP contribution >= 0.6 is 0 Å². The molecule has 0 unspecified atom stereocenters. The number of rotatable bonds is 4. The lowest BCUT2D eigenvalue weighted by Gasteiger charge is -2.05. The summed E-state index contributed by atoms with van der Waals surface area (Å²) in [6.45, 7) is 2.06. The molecule has 0 spiro atoms. The number of hydrogen-bond acceptors (Lipinski definition) is 2. The first-order chi connectivity index (χ1) is 10.7. The molecule has 1 aromatic heterocycles. The molecular weight excluding hydrogens is 270 g/mol. The van der Waals surface area contributed by atoms with Gasteiger partial charge >= 0.3 is 0 Å². The quantitative estimate of drug-likeness (QED) is 0.673. The summed E-state index contributed by atoms with van der Waals surface area (Å²) in [5.74, 6) is 0.0563. The standard InChI is InChI=1S/C20H17NO/c1-15-11-12-21-19(13-15)14-16-7-9-18(10-8-16)20(22)17-5-3-2-4-6-17/h2-13H,14H2,1H3. The van der Waals surface area contributed by atoms with Crippen molar-refractivity contribution in [3.05, 3.63) is 101 Å². The summed E-state index contributed by atoms with van der Waals surface area (Å²) in [5, 5.41) is 0. The van der Waals surface area contributed by atoms with Gasteiger partial charge in [-0.2, -0.15) is 0 Å². The number of hydrogen-bond donors (Lipinski definition) is 0. The highest BCUT2D eigenvalue weighted by Crippen LogP contribution is 2.13. The molecule has 0 fully saturated rings. The lowest BCUT2D eigenvalue weighted by atomic mass is 10.0. The zero-order valence-corrected chi connectivity index (χ0v) is 12.5. The van der Waals surface area contributed by atoms with Crippen LogP contribution in [0.2, 0.25) is 0 Å². The van der Waals surface area contributed by atoms with Gasteiger partial charge in [-0.15, -0.1) is 0 Å². The molecule has 0 saturated carbocycles. The molecular formula is C20H17NO. The summed E-state index contributed by atoms with van der Waals surface area (Å²) >= 11 is 0. The number of pyridine rings is 1. The van der Waals surface area contributed by atoms with Crippen molar-refractivity contribution in [2.75, 3.05) is 0 Å². The molecule has 2 nitrogen and oxygen atoms in total. The molecule has 22 heavy (non-hydrogen) atoms. The Bertz CT molecular complexity index is 776. The molecule has 0 aliphatic rings. The Hall–Kier alpha value is -2.74. The first-order valence-corrected chi connectivity index (χ1v) is 7.32. The Morgan fingerprint density at radius 1 is 0.909 bits per heavy atom. The van der Waals surface area contributed by atoms with Crippen LogP contribution in [-0.2, 0) is 6.42 Å². The number of aromatic nitrogens is 1. The second kappa shape index (κ2) is 6.35. The topological polar surface area (TPSA) is 30.0 Å². The fourth-order valence-electron chi connectivity index (χ4n) is 2.43. The van der Waals surface area contributed by atoms with Gasteiger partial charge in [-0.05, 0) is 30.2 Å². The fourth-order valence-corrected chi connectivity index (χ4v) is 2.43. The van der Waals surface area contributed by atoms with Crippen LogP contribution in [-0.4, -0.2) is 10.8 Å². The van der Waals surface area contributed by atoms with Gasteiger partial charge in [-0.1, -0.05) is 54.6 Å². The van der Waals surface area contributed by atoms with Crippen molar-refractivity contribution in [1.29, 1.82) is 0 Å². The normalized spacial score (nSPS) is 10.4. The van der Waals surface area contributed by atoms with Crippen LogP contribution in [0.25, 0.3) is 0 Å². The number of nitrogens with zero attached hydrogens (tertiary/aromatic N) is 1. The molecule has 3 aromatic rings. The van der Waals surface area contributed by atoms with E-state index in [0.29, 0.717) is 5.56 Å². The minimum atomic E-state index is 0.0563. The van der Waals surface area contributed by atoms with Gasteiger partial charge in [0, 0.05) is 29.4 Å². The lowest BCUT2D eigenvalue weighted by molar-refractivity contribution is 0.103. The average molecular weight is 287 g/mol. The highest BCUT2D eigenvalue weighted by molar-refractivity contribution is 6.08. The summed E-state index contributed by atoms with van der Waals surface area (Å²) in [6.07, 6.45) is 2.61. The summed E-state index contributed by atoms with van der Waals surface area (Å²) in [4.78, 5) is 16.7. The summed E-state index contributed by atoms with van der Waals surface area (Å²) in [5.41, 5.74) is 4.84. The van der Waals surface area contributed by atoms with E-state index in [4.69, 9.17) is 0 Å². The third-order valence-electron chi connectivity index (χ3n) is 3.61. The van der Waals surface area contributed by atoms with Gasteiger partial charge in [0.25, 0.3) is 0 Å². The molecule has 2 aromatic carbocycles. The van der Waals surface area contributed by atoms with E-state index in [1.165, 1.54) is 5.56 Å². The van der Waals surface area contributed by atoms with Gasteiger partial charge in [-0.25, -0.2) is 0 Å². The molecule has 0 radical (unpaired) electrons. The third-order valence-corrected chi connectivity index (χ3v) is 3.61. The van der Waals surface area contributed by atoms with Crippen molar-refractivity contribution in [2.45, 2.75) is 13.3 Å². The van der Waals surface area contributed by atoms with E-state index in [9.17, 15) is 4.79 Å². The largest absolute Gasteiger partial charge is 0.289 e. The molecule has 108 valence electrons. The van der Waals surface area contributed by atoms with Crippen molar-refractivity contribution >= 4 is 5.78 Å². The maximum atomic E-state index is 12.3. The van der Waals surface area contributed by atoms with Crippen molar-refractivity contribution in [3.8, 4) is 0 Å². The first kappa shape index (κ1) is 14.2. The monoisotopic (exact) mass is 287 g/mol. The van der Waals surface area contributed by atoms with Crippen LogP contribution in [0.15, 0.2) is 72.9 Å². The highest BCUT2D eigenvalue weighted by atomic mass is 16.1. The van der Waals surface area contributed by atoms with Crippen molar-refractivity contribution in [1.82, 2.24) is 4.98 Å². The summed E-state index contributed by atoms with van der Waals surface area (Å²) in [6, 6.07) is 21.2. The zero-order valence-electron chi connectivity index (χ0n) is 12.5. The summed E-state index contributed by atoms with van der Waals surface area (Å²) in [7, 11) is 0. The molecule has 0 bridgehead atoms. The first-order valence-electron chi connectivity index (χ1n) is 7.32. The Morgan fingerprint density at radius 2 is 1.59 bits per heavy atom. The minimum absolute atomic E-state index is 0.0563. The van der Waals surface area contributed by atoms with E-state index in [0.717, 1.165) is 23.2 Å². The number of carbonyl (C=O) groups is 1. The van der Waals surface area contributed by atoms with E-state index < -0.39 is 0 Å². The molecule has 3 rings (SSSR count). The highest BCUT2D eigenvalue weighted by Gasteiger charge is 2.08. The average Bonchev–Trinajstić information content (AvgIpc) is 2.56. The molecule has 0 saturated heterocycles. The SMILES string of the molecule is Cc1ccnc(Cc2ccc(C(=O)c3ccccc3)cc2)c1. The fraction of sp³-hybridized carbons (Fsp3) is 0.100. The van der Waals surface area contributed by atoms with Gasteiger partial charge in [0.1, 0.15) is 0 Å².